The Labute approximate surface area is 102 Å². The van der Waals surface area contributed by atoms with Crippen LogP contribution in [-0.4, -0.2) is 26.7 Å². The Morgan fingerprint density at radius 1 is 1.35 bits per heavy atom. The summed E-state index contributed by atoms with van der Waals surface area (Å²) >= 11 is 0. The number of anilines is 1. The summed E-state index contributed by atoms with van der Waals surface area (Å²) in [5, 5.41) is 3.27. The van der Waals surface area contributed by atoms with Crippen molar-refractivity contribution in [2.45, 2.75) is 13.8 Å². The Morgan fingerprint density at radius 3 is 2.59 bits per heavy atom. The Hall–Kier alpha value is -1.71. The van der Waals surface area contributed by atoms with Gasteiger partial charge in [-0.1, -0.05) is 13.8 Å². The van der Waals surface area contributed by atoms with Crippen LogP contribution in [0.15, 0.2) is 18.2 Å². The molecule has 0 fully saturated rings. The third-order valence-corrected chi connectivity index (χ3v) is 2.32. The topological polar surface area (TPSA) is 47.6 Å². The lowest BCUT2D eigenvalue weighted by molar-refractivity contribution is 0.0597. The molecule has 0 aromatic heterocycles. The van der Waals surface area contributed by atoms with Crippen LogP contribution in [0.1, 0.15) is 24.2 Å². The van der Waals surface area contributed by atoms with Crippen LogP contribution in [0.5, 0.6) is 5.75 Å². The lowest BCUT2D eigenvalue weighted by Gasteiger charge is -2.12. The number of carbonyl (C=O) groups excluding carboxylic acids is 1. The van der Waals surface area contributed by atoms with Gasteiger partial charge in [-0.2, -0.15) is 0 Å². The zero-order valence-corrected chi connectivity index (χ0v) is 10.7. The summed E-state index contributed by atoms with van der Waals surface area (Å²) in [6.45, 7) is 5.14. The fourth-order valence-corrected chi connectivity index (χ4v) is 1.40. The molecular weight excluding hydrogens is 218 g/mol. The molecule has 0 saturated heterocycles. The van der Waals surface area contributed by atoms with Crippen molar-refractivity contribution in [3.63, 3.8) is 0 Å². The maximum absolute atomic E-state index is 11.4. The number of benzene rings is 1. The van der Waals surface area contributed by atoms with E-state index in [4.69, 9.17) is 4.74 Å². The van der Waals surface area contributed by atoms with Gasteiger partial charge in [0.15, 0.2) is 0 Å². The molecule has 0 saturated carbocycles. The van der Waals surface area contributed by atoms with E-state index in [0.717, 1.165) is 12.2 Å². The van der Waals surface area contributed by atoms with E-state index < -0.39 is 5.97 Å². The molecule has 0 atom stereocenters. The number of nitrogens with one attached hydrogen (secondary N) is 1. The highest BCUT2D eigenvalue weighted by molar-refractivity contribution is 5.93. The third kappa shape index (κ3) is 3.66. The normalized spacial score (nSPS) is 10.2. The average Bonchev–Trinajstić information content (AvgIpc) is 2.34. The van der Waals surface area contributed by atoms with Crippen LogP contribution in [0.2, 0.25) is 0 Å². The van der Waals surface area contributed by atoms with Crippen molar-refractivity contribution >= 4 is 11.7 Å². The van der Waals surface area contributed by atoms with Gasteiger partial charge in [0, 0.05) is 18.3 Å². The molecule has 1 aromatic rings. The molecule has 0 aliphatic carbocycles. The predicted octanol–water partition coefficient (Wildman–Crippen LogP) is 2.55. The predicted molar refractivity (Wildman–Crippen MR) is 67.7 cm³/mol. The van der Waals surface area contributed by atoms with Crippen molar-refractivity contribution in [3.8, 4) is 5.75 Å². The summed E-state index contributed by atoms with van der Waals surface area (Å²) in [5.74, 6) is 0.684. The minimum Gasteiger partial charge on any atom is -0.496 e. The molecule has 0 radical (unpaired) electrons. The van der Waals surface area contributed by atoms with E-state index >= 15 is 0 Å². The Morgan fingerprint density at radius 2 is 2.06 bits per heavy atom. The molecule has 0 heterocycles. The Balaban J connectivity index is 2.88. The maximum atomic E-state index is 11.4. The molecule has 0 aliphatic rings. The number of esters is 1. The zero-order chi connectivity index (χ0) is 12.8. The van der Waals surface area contributed by atoms with Gasteiger partial charge in [-0.25, -0.2) is 4.79 Å². The first kappa shape index (κ1) is 13.4. The van der Waals surface area contributed by atoms with Gasteiger partial charge in [-0.15, -0.1) is 0 Å². The zero-order valence-electron chi connectivity index (χ0n) is 10.7. The van der Waals surface area contributed by atoms with Crippen LogP contribution in [0.4, 0.5) is 5.69 Å². The quantitative estimate of drug-likeness (QED) is 0.799. The van der Waals surface area contributed by atoms with Crippen molar-refractivity contribution in [3.05, 3.63) is 23.8 Å². The minimum absolute atomic E-state index is 0.391. The van der Waals surface area contributed by atoms with E-state index in [1.807, 2.05) is 6.07 Å². The molecule has 0 amide bonds. The number of methoxy groups -OCH3 is 2. The van der Waals surface area contributed by atoms with Crippen LogP contribution in [0, 0.1) is 5.92 Å². The van der Waals surface area contributed by atoms with E-state index in [1.54, 1.807) is 12.1 Å². The minimum atomic E-state index is -0.391. The number of carbonyl (C=O) groups is 1. The van der Waals surface area contributed by atoms with E-state index in [0.29, 0.717) is 17.2 Å². The molecule has 0 spiro atoms. The number of hydrogen-bond acceptors (Lipinski definition) is 4. The van der Waals surface area contributed by atoms with E-state index in [2.05, 4.69) is 23.9 Å². The van der Waals surface area contributed by atoms with E-state index in [-0.39, 0.29) is 0 Å². The molecule has 1 N–H and O–H groups in total. The molecule has 94 valence electrons. The van der Waals surface area contributed by atoms with Gasteiger partial charge in [-0.3, -0.25) is 0 Å². The molecule has 17 heavy (non-hydrogen) atoms. The molecule has 0 bridgehead atoms. The smallest absolute Gasteiger partial charge is 0.341 e. The molecule has 0 aliphatic heterocycles. The number of ether oxygens (including phenoxy) is 2. The van der Waals surface area contributed by atoms with Crippen molar-refractivity contribution in [2.24, 2.45) is 5.92 Å². The van der Waals surface area contributed by atoms with Crippen molar-refractivity contribution < 1.29 is 14.3 Å². The summed E-state index contributed by atoms with van der Waals surface area (Å²) in [6.07, 6.45) is 0. The first-order chi connectivity index (χ1) is 8.08. The highest BCUT2D eigenvalue weighted by Gasteiger charge is 2.12. The highest BCUT2D eigenvalue weighted by atomic mass is 16.5. The summed E-state index contributed by atoms with van der Waals surface area (Å²) in [6, 6.07) is 5.35. The van der Waals surface area contributed by atoms with Gasteiger partial charge in [0.25, 0.3) is 0 Å². The van der Waals surface area contributed by atoms with Gasteiger partial charge < -0.3 is 14.8 Å². The molecular formula is C13H19NO3. The molecule has 0 unspecified atom stereocenters. The fourth-order valence-electron chi connectivity index (χ4n) is 1.40. The lowest BCUT2D eigenvalue weighted by atomic mass is 10.1. The van der Waals surface area contributed by atoms with Crippen molar-refractivity contribution in [1.29, 1.82) is 0 Å². The van der Waals surface area contributed by atoms with Crippen LogP contribution in [0.3, 0.4) is 0 Å². The van der Waals surface area contributed by atoms with Gasteiger partial charge >= 0.3 is 5.97 Å². The number of rotatable bonds is 5. The van der Waals surface area contributed by atoms with Crippen LogP contribution in [-0.2, 0) is 4.74 Å². The summed E-state index contributed by atoms with van der Waals surface area (Å²) in [4.78, 5) is 11.4. The third-order valence-electron chi connectivity index (χ3n) is 2.32. The standard InChI is InChI=1S/C13H19NO3/c1-9(2)8-14-10-5-6-11(13(15)17-4)12(7-10)16-3/h5-7,9,14H,8H2,1-4H3. The number of hydrogen-bond donors (Lipinski definition) is 1. The largest absolute Gasteiger partial charge is 0.496 e. The van der Waals surface area contributed by atoms with Crippen LogP contribution >= 0.6 is 0 Å². The molecule has 4 nitrogen and oxygen atoms in total. The molecule has 4 heteroatoms. The first-order valence-corrected chi connectivity index (χ1v) is 5.58. The Kier molecular flexibility index (Phi) is 4.82. The SMILES string of the molecule is COC(=O)c1ccc(NCC(C)C)cc1OC. The van der Waals surface area contributed by atoms with Gasteiger partial charge in [0.05, 0.1) is 14.2 Å². The monoisotopic (exact) mass is 237 g/mol. The summed E-state index contributed by atoms with van der Waals surface area (Å²) in [7, 11) is 2.89. The summed E-state index contributed by atoms with van der Waals surface area (Å²) in [5.41, 5.74) is 1.37. The van der Waals surface area contributed by atoms with Crippen LogP contribution in [0.25, 0.3) is 0 Å². The fraction of sp³-hybridized carbons (Fsp3) is 0.462. The van der Waals surface area contributed by atoms with Crippen molar-refractivity contribution in [1.82, 2.24) is 0 Å². The second-order valence-electron chi connectivity index (χ2n) is 4.18. The van der Waals surface area contributed by atoms with Gasteiger partial charge in [0.2, 0.25) is 0 Å². The Bertz CT molecular complexity index is 388. The van der Waals surface area contributed by atoms with Gasteiger partial charge in [-0.05, 0) is 18.1 Å². The van der Waals surface area contributed by atoms with E-state index in [9.17, 15) is 4.79 Å². The maximum Gasteiger partial charge on any atom is 0.341 e. The first-order valence-electron chi connectivity index (χ1n) is 5.58. The van der Waals surface area contributed by atoms with Crippen molar-refractivity contribution in [2.75, 3.05) is 26.1 Å². The second-order valence-corrected chi connectivity index (χ2v) is 4.18. The molecule has 1 rings (SSSR count). The average molecular weight is 237 g/mol. The summed E-state index contributed by atoms with van der Waals surface area (Å²) < 4.78 is 9.85. The van der Waals surface area contributed by atoms with E-state index in [1.165, 1.54) is 14.2 Å². The molecule has 1 aromatic carbocycles. The highest BCUT2D eigenvalue weighted by Crippen LogP contribution is 2.23. The lowest BCUT2D eigenvalue weighted by Crippen LogP contribution is -2.09. The van der Waals surface area contributed by atoms with Gasteiger partial charge in [0.1, 0.15) is 11.3 Å². The second kappa shape index (κ2) is 6.13. The van der Waals surface area contributed by atoms with Crippen LogP contribution < -0.4 is 10.1 Å².